The Bertz CT molecular complexity index is 752. The predicted molar refractivity (Wildman–Crippen MR) is 143 cm³/mol. The van der Waals surface area contributed by atoms with E-state index in [1.54, 1.807) is 6.08 Å². The number of hydrogen-bond acceptors (Lipinski definition) is 3. The molecule has 0 aromatic carbocycles. The molecule has 0 fully saturated rings. The van der Waals surface area contributed by atoms with Crippen molar-refractivity contribution in [2.45, 2.75) is 115 Å². The van der Waals surface area contributed by atoms with Gasteiger partial charge >= 0.3 is 0 Å². The molecule has 0 rings (SSSR count). The van der Waals surface area contributed by atoms with Gasteiger partial charge in [-0.3, -0.25) is 0 Å². The van der Waals surface area contributed by atoms with E-state index < -0.39 is 12.2 Å². The maximum Gasteiger partial charge on any atom is 0.133 e. The third-order valence-corrected chi connectivity index (χ3v) is 5.34. The van der Waals surface area contributed by atoms with Gasteiger partial charge in [0.05, 0.1) is 0 Å². The lowest BCUT2D eigenvalue weighted by Gasteiger charge is -2.03. The second kappa shape index (κ2) is 26.8. The Kier molecular flexibility index (Phi) is 25.0. The van der Waals surface area contributed by atoms with E-state index in [4.69, 9.17) is 11.5 Å². The van der Waals surface area contributed by atoms with Crippen molar-refractivity contribution in [2.24, 2.45) is 0 Å². The summed E-state index contributed by atoms with van der Waals surface area (Å²) in [5, 5.41) is 27.5. The highest BCUT2D eigenvalue weighted by Crippen LogP contribution is 2.12. The number of terminal acetylenes is 1. The van der Waals surface area contributed by atoms with Crippen LogP contribution in [0.15, 0.2) is 24.3 Å². The molecule has 0 aliphatic carbocycles. The molecule has 0 aliphatic rings. The zero-order valence-electron chi connectivity index (χ0n) is 20.9. The maximum atomic E-state index is 9.78. The monoisotopic (exact) mass is 464 g/mol. The molecule has 0 aromatic rings. The highest BCUT2D eigenvalue weighted by Gasteiger charge is 1.98. The zero-order chi connectivity index (χ0) is 25.0. The molecule has 0 bridgehead atoms. The number of unbranched alkanes of at least 4 members (excludes halogenated alkanes) is 13. The highest BCUT2D eigenvalue weighted by atomic mass is 16.3. The van der Waals surface area contributed by atoms with Gasteiger partial charge in [-0.2, -0.15) is 0 Å². The Balaban J connectivity index is 3.37. The summed E-state index contributed by atoms with van der Waals surface area (Å²) in [5.41, 5.74) is 0. The van der Waals surface area contributed by atoms with Crippen molar-refractivity contribution >= 4 is 0 Å². The van der Waals surface area contributed by atoms with E-state index in [1.807, 2.05) is 6.08 Å². The van der Waals surface area contributed by atoms with E-state index in [0.717, 1.165) is 19.3 Å². The second-order valence-corrected chi connectivity index (χ2v) is 8.40. The van der Waals surface area contributed by atoms with Gasteiger partial charge < -0.3 is 15.3 Å². The van der Waals surface area contributed by atoms with E-state index in [0.29, 0.717) is 6.42 Å². The quantitative estimate of drug-likeness (QED) is 0.131. The molecule has 3 nitrogen and oxygen atoms in total. The van der Waals surface area contributed by atoms with Gasteiger partial charge in [0.2, 0.25) is 0 Å². The Hall–Kier alpha value is -2.40. The average Bonchev–Trinajstić information content (AvgIpc) is 2.84. The molecular weight excluding hydrogens is 420 g/mol. The first-order chi connectivity index (χ1) is 16.7. The van der Waals surface area contributed by atoms with Crippen molar-refractivity contribution in [1.29, 1.82) is 0 Å². The molecule has 0 aliphatic heterocycles. The highest BCUT2D eigenvalue weighted by molar-refractivity contribution is 5.36. The summed E-state index contributed by atoms with van der Waals surface area (Å²) < 4.78 is 0. The molecule has 0 radical (unpaired) electrons. The molecule has 0 spiro atoms. The first-order valence-corrected chi connectivity index (χ1v) is 12.9. The summed E-state index contributed by atoms with van der Waals surface area (Å²) in [6.45, 7) is -0.203. The number of hydrogen-bond donors (Lipinski definition) is 3. The van der Waals surface area contributed by atoms with Crippen LogP contribution in [-0.4, -0.2) is 34.1 Å². The summed E-state index contributed by atoms with van der Waals surface area (Å²) in [6.07, 6.45) is 30.9. The minimum Gasteiger partial charge on any atom is -0.384 e. The molecule has 0 amide bonds. The van der Waals surface area contributed by atoms with E-state index in [-0.39, 0.29) is 6.61 Å². The molecule has 3 heteroatoms. The van der Waals surface area contributed by atoms with E-state index in [9.17, 15) is 10.2 Å². The van der Waals surface area contributed by atoms with Gasteiger partial charge in [0.25, 0.3) is 0 Å². The van der Waals surface area contributed by atoms with Crippen molar-refractivity contribution in [1.82, 2.24) is 0 Å². The fourth-order valence-electron chi connectivity index (χ4n) is 3.39. The first kappa shape index (κ1) is 31.6. The molecule has 34 heavy (non-hydrogen) atoms. The van der Waals surface area contributed by atoms with E-state index >= 15 is 0 Å². The number of allylic oxidation sites excluding steroid dienone is 3. The van der Waals surface area contributed by atoms with Gasteiger partial charge in [-0.05, 0) is 81.1 Å². The lowest BCUT2D eigenvalue weighted by atomic mass is 10.1. The topological polar surface area (TPSA) is 60.7 Å². The molecule has 0 heterocycles. The molecule has 0 aromatic heterocycles. The van der Waals surface area contributed by atoms with E-state index in [2.05, 4.69) is 53.6 Å². The van der Waals surface area contributed by atoms with Crippen molar-refractivity contribution in [3.05, 3.63) is 24.3 Å². The Morgan fingerprint density at radius 2 is 1.12 bits per heavy atom. The van der Waals surface area contributed by atoms with Crippen LogP contribution in [0.1, 0.15) is 103 Å². The molecule has 3 N–H and O–H groups in total. The lowest BCUT2D eigenvalue weighted by molar-refractivity contribution is 0.217. The number of aliphatic hydroxyl groups excluding tert-OH is 3. The van der Waals surface area contributed by atoms with Crippen molar-refractivity contribution in [2.75, 3.05) is 6.61 Å². The van der Waals surface area contributed by atoms with Gasteiger partial charge in [-0.1, -0.05) is 87.4 Å². The summed E-state index contributed by atoms with van der Waals surface area (Å²) in [5.74, 6) is 17.5. The van der Waals surface area contributed by atoms with Crippen LogP contribution < -0.4 is 0 Å². The van der Waals surface area contributed by atoms with Crippen LogP contribution in [0.3, 0.4) is 0 Å². The molecule has 186 valence electrons. The zero-order valence-corrected chi connectivity index (χ0v) is 20.9. The summed E-state index contributed by atoms with van der Waals surface area (Å²) in [6, 6.07) is 0. The van der Waals surface area contributed by atoms with Gasteiger partial charge in [0, 0.05) is 0 Å². The molecule has 2 unspecified atom stereocenters. The minimum atomic E-state index is -0.733. The summed E-state index contributed by atoms with van der Waals surface area (Å²) >= 11 is 0. The largest absolute Gasteiger partial charge is 0.384 e. The van der Waals surface area contributed by atoms with Gasteiger partial charge in [0.1, 0.15) is 18.8 Å². The number of rotatable bonds is 19. The van der Waals surface area contributed by atoms with Gasteiger partial charge in [0.15, 0.2) is 0 Å². The van der Waals surface area contributed by atoms with Gasteiger partial charge in [-0.15, -0.1) is 6.42 Å². The second-order valence-electron chi connectivity index (χ2n) is 8.40. The van der Waals surface area contributed by atoms with Crippen LogP contribution in [-0.2, 0) is 0 Å². The molecular formula is C31H44O3. The predicted octanol–water partition coefficient (Wildman–Crippen LogP) is 5.70. The molecule has 2 atom stereocenters. The Morgan fingerprint density at radius 1 is 0.618 bits per heavy atom. The smallest absolute Gasteiger partial charge is 0.133 e. The third-order valence-electron chi connectivity index (χ3n) is 5.34. The molecule has 0 saturated carbocycles. The van der Waals surface area contributed by atoms with E-state index in [1.165, 1.54) is 77.0 Å². The maximum absolute atomic E-state index is 9.78. The minimum absolute atomic E-state index is 0.203. The van der Waals surface area contributed by atoms with Crippen LogP contribution in [0.25, 0.3) is 0 Å². The SMILES string of the molecule is C#CC(O)/C=C/CCCCCCCC/C=C\CCCCCCCCC(O)C#CC#CC#CCO. The first-order valence-electron chi connectivity index (χ1n) is 12.9. The lowest BCUT2D eigenvalue weighted by Crippen LogP contribution is -2.01. The Labute approximate surface area is 209 Å². The average molecular weight is 465 g/mol. The Morgan fingerprint density at radius 3 is 1.68 bits per heavy atom. The molecule has 0 saturated heterocycles. The fourth-order valence-corrected chi connectivity index (χ4v) is 3.39. The summed E-state index contributed by atoms with van der Waals surface area (Å²) in [7, 11) is 0. The van der Waals surface area contributed by atoms with Crippen LogP contribution >= 0.6 is 0 Å². The van der Waals surface area contributed by atoms with Gasteiger partial charge in [-0.25, -0.2) is 0 Å². The van der Waals surface area contributed by atoms with Crippen LogP contribution in [0.4, 0.5) is 0 Å². The normalized spacial score (nSPS) is 12.2. The fraction of sp³-hybridized carbons (Fsp3) is 0.613. The standard InChI is InChI=1S/C31H44O3/c1-2-30(33)26-22-18-15-13-11-9-7-5-3-4-6-8-10-12-14-16-19-23-27-31(34)28-24-20-17-21-25-29-32/h1,4,6,22,26,30-34H,3,5,7-16,18-19,23,27,29H2/b6-4-,26-22+. The van der Waals surface area contributed by atoms with Crippen LogP contribution in [0, 0.1) is 47.9 Å². The van der Waals surface area contributed by atoms with Crippen LogP contribution in [0.2, 0.25) is 0 Å². The third kappa shape index (κ3) is 25.9. The van der Waals surface area contributed by atoms with Crippen molar-refractivity contribution in [3.8, 4) is 47.9 Å². The number of aliphatic hydroxyl groups is 3. The van der Waals surface area contributed by atoms with Crippen LogP contribution in [0.5, 0.6) is 0 Å². The van der Waals surface area contributed by atoms with Crippen molar-refractivity contribution < 1.29 is 15.3 Å². The van der Waals surface area contributed by atoms with Crippen molar-refractivity contribution in [3.63, 3.8) is 0 Å². The summed E-state index contributed by atoms with van der Waals surface area (Å²) in [4.78, 5) is 0.